The Morgan fingerprint density at radius 2 is 2.00 bits per heavy atom. The van der Waals surface area contributed by atoms with Crippen LogP contribution in [-0.2, 0) is 0 Å². The average molecular weight is 313 g/mol. The fourth-order valence-electron chi connectivity index (χ4n) is 2.26. The van der Waals surface area contributed by atoms with Crippen molar-refractivity contribution in [1.82, 2.24) is 9.80 Å². The molecule has 2 rings (SSSR count). The van der Waals surface area contributed by atoms with Crippen LogP contribution in [0.15, 0.2) is 28.7 Å². The lowest BCUT2D eigenvalue weighted by molar-refractivity contribution is 0.113. The van der Waals surface area contributed by atoms with Gasteiger partial charge in [-0.15, -0.1) is 0 Å². The molecule has 3 nitrogen and oxygen atoms in total. The van der Waals surface area contributed by atoms with E-state index in [0.717, 1.165) is 49.2 Å². The van der Waals surface area contributed by atoms with Crippen molar-refractivity contribution in [2.24, 2.45) is 0 Å². The maximum Gasteiger partial charge on any atom is 0.0802 e. The molecule has 1 heterocycles. The molecule has 1 unspecified atom stereocenters. The lowest BCUT2D eigenvalue weighted by Crippen LogP contribution is -2.44. The third kappa shape index (κ3) is 4.05. The topological polar surface area (TPSA) is 26.7 Å². The molecular weight excluding hydrogens is 292 g/mol. The van der Waals surface area contributed by atoms with Crippen LogP contribution in [0.3, 0.4) is 0 Å². The van der Waals surface area contributed by atoms with Crippen LogP contribution in [-0.4, -0.2) is 54.7 Å². The standard InChI is InChI=1S/C14H21BrN2O/c1-16-7-9-17(10-8-16)6-5-14(18)12-3-2-4-13(15)11-12/h2-4,11,14,18H,5-10H2,1H3. The largest absolute Gasteiger partial charge is 0.388 e. The van der Waals surface area contributed by atoms with Gasteiger partial charge in [0.2, 0.25) is 0 Å². The molecule has 0 saturated carbocycles. The summed E-state index contributed by atoms with van der Waals surface area (Å²) in [6.45, 7) is 5.46. The molecular formula is C14H21BrN2O. The number of piperazine rings is 1. The molecule has 100 valence electrons. The summed E-state index contributed by atoms with van der Waals surface area (Å²) in [6, 6.07) is 7.93. The Kier molecular flexibility index (Phi) is 5.18. The quantitative estimate of drug-likeness (QED) is 0.922. The van der Waals surface area contributed by atoms with Crippen molar-refractivity contribution in [3.8, 4) is 0 Å². The van der Waals surface area contributed by atoms with E-state index in [-0.39, 0.29) is 6.10 Å². The summed E-state index contributed by atoms with van der Waals surface area (Å²) in [7, 11) is 2.16. The van der Waals surface area contributed by atoms with Crippen molar-refractivity contribution in [2.45, 2.75) is 12.5 Å². The highest BCUT2D eigenvalue weighted by molar-refractivity contribution is 9.10. The number of benzene rings is 1. The van der Waals surface area contributed by atoms with E-state index in [1.165, 1.54) is 0 Å². The Balaban J connectivity index is 1.79. The van der Waals surface area contributed by atoms with Crippen LogP contribution < -0.4 is 0 Å². The molecule has 1 saturated heterocycles. The maximum atomic E-state index is 10.2. The van der Waals surface area contributed by atoms with Crippen LogP contribution in [0.1, 0.15) is 18.1 Å². The van der Waals surface area contributed by atoms with E-state index in [2.05, 4.69) is 32.8 Å². The Morgan fingerprint density at radius 3 is 2.67 bits per heavy atom. The molecule has 0 aromatic heterocycles. The van der Waals surface area contributed by atoms with Crippen LogP contribution in [0.25, 0.3) is 0 Å². The summed E-state index contributed by atoms with van der Waals surface area (Å²) < 4.78 is 1.03. The monoisotopic (exact) mass is 312 g/mol. The van der Waals surface area contributed by atoms with E-state index in [9.17, 15) is 5.11 Å². The second-order valence-electron chi connectivity index (χ2n) is 5.00. The molecule has 0 bridgehead atoms. The molecule has 1 N–H and O–H groups in total. The number of aliphatic hydroxyl groups is 1. The first-order valence-electron chi connectivity index (χ1n) is 6.49. The number of aliphatic hydroxyl groups excluding tert-OH is 1. The van der Waals surface area contributed by atoms with Gasteiger partial charge in [0.05, 0.1) is 6.10 Å². The fourth-order valence-corrected chi connectivity index (χ4v) is 2.67. The summed E-state index contributed by atoms with van der Waals surface area (Å²) in [5, 5.41) is 10.2. The minimum absolute atomic E-state index is 0.359. The predicted molar refractivity (Wildman–Crippen MR) is 77.7 cm³/mol. The van der Waals surface area contributed by atoms with Gasteiger partial charge in [-0.05, 0) is 31.2 Å². The van der Waals surface area contributed by atoms with Gasteiger partial charge in [0, 0.05) is 37.2 Å². The smallest absolute Gasteiger partial charge is 0.0802 e. The van der Waals surface area contributed by atoms with Crippen molar-refractivity contribution in [1.29, 1.82) is 0 Å². The van der Waals surface area contributed by atoms with Crippen LogP contribution in [0.4, 0.5) is 0 Å². The summed E-state index contributed by atoms with van der Waals surface area (Å²) in [6.07, 6.45) is 0.447. The van der Waals surface area contributed by atoms with E-state index >= 15 is 0 Å². The molecule has 0 aliphatic carbocycles. The molecule has 1 atom stereocenters. The molecule has 18 heavy (non-hydrogen) atoms. The number of rotatable bonds is 4. The molecule has 1 aromatic carbocycles. The summed E-state index contributed by atoms with van der Waals surface area (Å²) in [5.41, 5.74) is 0.999. The van der Waals surface area contributed by atoms with Crippen molar-refractivity contribution in [3.63, 3.8) is 0 Å². The minimum atomic E-state index is -0.359. The molecule has 0 amide bonds. The Labute approximate surface area is 118 Å². The zero-order valence-electron chi connectivity index (χ0n) is 10.8. The first kappa shape index (κ1) is 14.0. The fraction of sp³-hybridized carbons (Fsp3) is 0.571. The predicted octanol–water partition coefficient (Wildman–Crippen LogP) is 2.12. The van der Waals surface area contributed by atoms with E-state index in [1.54, 1.807) is 0 Å². The summed E-state index contributed by atoms with van der Waals surface area (Å²) in [5.74, 6) is 0. The zero-order valence-corrected chi connectivity index (χ0v) is 12.4. The zero-order chi connectivity index (χ0) is 13.0. The first-order chi connectivity index (χ1) is 8.65. The summed E-state index contributed by atoms with van der Waals surface area (Å²) in [4.78, 5) is 4.78. The minimum Gasteiger partial charge on any atom is -0.388 e. The van der Waals surface area contributed by atoms with Crippen molar-refractivity contribution in [3.05, 3.63) is 34.3 Å². The number of halogens is 1. The Morgan fingerprint density at radius 1 is 1.28 bits per heavy atom. The van der Waals surface area contributed by atoms with Gasteiger partial charge in [0.1, 0.15) is 0 Å². The van der Waals surface area contributed by atoms with Crippen molar-refractivity contribution >= 4 is 15.9 Å². The highest BCUT2D eigenvalue weighted by Crippen LogP contribution is 2.21. The van der Waals surface area contributed by atoms with Crippen LogP contribution in [0.5, 0.6) is 0 Å². The number of likely N-dealkylation sites (N-methyl/N-ethyl adjacent to an activating group) is 1. The van der Waals surface area contributed by atoms with Crippen molar-refractivity contribution < 1.29 is 5.11 Å². The van der Waals surface area contributed by atoms with Gasteiger partial charge in [0.15, 0.2) is 0 Å². The molecule has 0 spiro atoms. The van der Waals surface area contributed by atoms with E-state index in [0.29, 0.717) is 0 Å². The van der Waals surface area contributed by atoms with Gasteiger partial charge in [-0.1, -0.05) is 28.1 Å². The number of hydrogen-bond donors (Lipinski definition) is 1. The van der Waals surface area contributed by atoms with Gasteiger partial charge >= 0.3 is 0 Å². The van der Waals surface area contributed by atoms with Crippen molar-refractivity contribution in [2.75, 3.05) is 39.8 Å². The lowest BCUT2D eigenvalue weighted by atomic mass is 10.1. The van der Waals surface area contributed by atoms with Gasteiger partial charge in [-0.3, -0.25) is 0 Å². The number of hydrogen-bond acceptors (Lipinski definition) is 3. The molecule has 1 aliphatic rings. The molecule has 1 aliphatic heterocycles. The molecule has 1 aromatic rings. The third-order valence-electron chi connectivity index (χ3n) is 3.55. The number of nitrogens with zero attached hydrogens (tertiary/aromatic N) is 2. The second kappa shape index (κ2) is 6.66. The lowest BCUT2D eigenvalue weighted by Gasteiger charge is -2.32. The second-order valence-corrected chi connectivity index (χ2v) is 5.92. The van der Waals surface area contributed by atoms with E-state index in [4.69, 9.17) is 0 Å². The van der Waals surface area contributed by atoms with Gasteiger partial charge in [-0.2, -0.15) is 0 Å². The van der Waals surface area contributed by atoms with Crippen LogP contribution in [0, 0.1) is 0 Å². The van der Waals surface area contributed by atoms with E-state index < -0.39 is 0 Å². The van der Waals surface area contributed by atoms with Gasteiger partial charge in [-0.25, -0.2) is 0 Å². The third-order valence-corrected chi connectivity index (χ3v) is 4.04. The summed E-state index contributed by atoms with van der Waals surface area (Å²) >= 11 is 3.44. The SMILES string of the molecule is CN1CCN(CCC(O)c2cccc(Br)c2)CC1. The molecule has 4 heteroatoms. The van der Waals surface area contributed by atoms with Crippen LogP contribution in [0.2, 0.25) is 0 Å². The average Bonchev–Trinajstić information content (AvgIpc) is 2.38. The molecule has 1 fully saturated rings. The normalized spacial score (nSPS) is 19.9. The highest BCUT2D eigenvalue weighted by Gasteiger charge is 2.15. The van der Waals surface area contributed by atoms with E-state index in [1.807, 2.05) is 24.3 Å². The van der Waals surface area contributed by atoms with Gasteiger partial charge in [0.25, 0.3) is 0 Å². The Bertz CT molecular complexity index is 378. The molecule has 0 radical (unpaired) electrons. The maximum absolute atomic E-state index is 10.2. The van der Waals surface area contributed by atoms with Crippen LogP contribution >= 0.6 is 15.9 Å². The van der Waals surface area contributed by atoms with Gasteiger partial charge < -0.3 is 14.9 Å². The highest BCUT2D eigenvalue weighted by atomic mass is 79.9. The first-order valence-corrected chi connectivity index (χ1v) is 7.29. The Hall–Kier alpha value is -0.420.